The summed E-state index contributed by atoms with van der Waals surface area (Å²) in [5.41, 5.74) is 6.49. The predicted octanol–water partition coefficient (Wildman–Crippen LogP) is 2.63. The van der Waals surface area contributed by atoms with Crippen molar-refractivity contribution in [3.63, 3.8) is 0 Å². The molecule has 0 aromatic heterocycles. The molecule has 1 heterocycles. The lowest BCUT2D eigenvalue weighted by molar-refractivity contribution is -0.0508. The first-order valence-corrected chi connectivity index (χ1v) is 6.17. The van der Waals surface area contributed by atoms with Gasteiger partial charge in [0, 0.05) is 24.7 Å². The van der Waals surface area contributed by atoms with Crippen LogP contribution in [0.1, 0.15) is 18.4 Å². The average molecular weight is 293 g/mol. The summed E-state index contributed by atoms with van der Waals surface area (Å²) in [5.74, 6) is 0.259. The average Bonchev–Trinajstić information content (AvgIpc) is 2.78. The molecule has 1 unspecified atom stereocenters. The molecule has 1 fully saturated rings. The number of alkyl halides is 2. The standard InChI is InChI=1S/C13H18F2N2O.ClH/c14-13(15)18-12-6-2-1-4-10(12)9-17-7-3-5-11(17)8-16;/h1-2,4,6,11,13H,3,5,7-9,16H2;1H. The number of nitrogens with two attached hydrogens (primary N) is 1. The second-order valence-electron chi connectivity index (χ2n) is 4.49. The Labute approximate surface area is 118 Å². The molecule has 0 amide bonds. The SMILES string of the molecule is Cl.NCC1CCCN1Cc1ccccc1OC(F)F. The Morgan fingerprint density at radius 1 is 1.37 bits per heavy atom. The molecule has 0 spiro atoms. The Hall–Kier alpha value is -0.910. The fourth-order valence-electron chi connectivity index (χ4n) is 2.43. The molecule has 3 nitrogen and oxygen atoms in total. The van der Waals surface area contributed by atoms with Gasteiger partial charge in [0.25, 0.3) is 0 Å². The maximum atomic E-state index is 12.3. The highest BCUT2D eigenvalue weighted by atomic mass is 35.5. The summed E-state index contributed by atoms with van der Waals surface area (Å²) < 4.78 is 29.1. The van der Waals surface area contributed by atoms with E-state index >= 15 is 0 Å². The van der Waals surface area contributed by atoms with E-state index in [-0.39, 0.29) is 18.2 Å². The van der Waals surface area contributed by atoms with Gasteiger partial charge in [-0.05, 0) is 25.5 Å². The lowest BCUT2D eigenvalue weighted by Gasteiger charge is -2.24. The molecule has 2 N–H and O–H groups in total. The van der Waals surface area contributed by atoms with Crippen LogP contribution in [-0.4, -0.2) is 30.6 Å². The molecule has 1 saturated heterocycles. The Balaban J connectivity index is 0.00000180. The largest absolute Gasteiger partial charge is 0.434 e. The molecule has 108 valence electrons. The molecule has 2 rings (SSSR count). The smallest absolute Gasteiger partial charge is 0.387 e. The Kier molecular flexibility index (Phi) is 6.48. The van der Waals surface area contributed by atoms with E-state index in [0.717, 1.165) is 24.9 Å². The number of nitrogens with zero attached hydrogens (tertiary/aromatic N) is 1. The zero-order chi connectivity index (χ0) is 13.0. The second kappa shape index (κ2) is 7.62. The molecule has 19 heavy (non-hydrogen) atoms. The van der Waals surface area contributed by atoms with E-state index in [0.29, 0.717) is 19.1 Å². The van der Waals surface area contributed by atoms with Gasteiger partial charge in [-0.15, -0.1) is 12.4 Å². The van der Waals surface area contributed by atoms with E-state index in [2.05, 4.69) is 9.64 Å². The first kappa shape index (κ1) is 16.1. The van der Waals surface area contributed by atoms with E-state index in [1.807, 2.05) is 12.1 Å². The van der Waals surface area contributed by atoms with Crippen LogP contribution in [0.4, 0.5) is 8.78 Å². The van der Waals surface area contributed by atoms with Gasteiger partial charge < -0.3 is 10.5 Å². The van der Waals surface area contributed by atoms with Gasteiger partial charge in [0.2, 0.25) is 0 Å². The summed E-state index contributed by atoms with van der Waals surface area (Å²) in [6.45, 7) is -0.594. The lowest BCUT2D eigenvalue weighted by Crippen LogP contribution is -2.34. The Morgan fingerprint density at radius 2 is 2.11 bits per heavy atom. The van der Waals surface area contributed by atoms with Gasteiger partial charge in [0.05, 0.1) is 0 Å². The van der Waals surface area contributed by atoms with Crippen LogP contribution >= 0.6 is 12.4 Å². The minimum absolute atomic E-state index is 0. The van der Waals surface area contributed by atoms with Gasteiger partial charge in [-0.3, -0.25) is 4.90 Å². The third-order valence-corrected chi connectivity index (χ3v) is 3.33. The van der Waals surface area contributed by atoms with Crippen molar-refractivity contribution >= 4 is 12.4 Å². The molecule has 0 radical (unpaired) electrons. The number of para-hydroxylation sites is 1. The Bertz CT molecular complexity index is 393. The molecular weight excluding hydrogens is 274 g/mol. The number of rotatable bonds is 5. The highest BCUT2D eigenvalue weighted by molar-refractivity contribution is 5.85. The van der Waals surface area contributed by atoms with Gasteiger partial charge in [-0.1, -0.05) is 18.2 Å². The first-order valence-electron chi connectivity index (χ1n) is 6.17. The molecule has 1 aromatic rings. The van der Waals surface area contributed by atoms with E-state index in [1.54, 1.807) is 12.1 Å². The van der Waals surface area contributed by atoms with Gasteiger partial charge in [0.1, 0.15) is 5.75 Å². The number of hydrogen-bond donors (Lipinski definition) is 1. The molecular formula is C13H19ClF2N2O. The predicted molar refractivity (Wildman–Crippen MR) is 72.8 cm³/mol. The summed E-state index contributed by atoms with van der Waals surface area (Å²) in [7, 11) is 0. The normalized spacial score (nSPS) is 19.5. The van der Waals surface area contributed by atoms with Crippen molar-refractivity contribution < 1.29 is 13.5 Å². The molecule has 0 aliphatic carbocycles. The van der Waals surface area contributed by atoms with Crippen LogP contribution in [0.25, 0.3) is 0 Å². The molecule has 6 heteroatoms. The molecule has 1 aromatic carbocycles. The maximum Gasteiger partial charge on any atom is 0.387 e. The van der Waals surface area contributed by atoms with Crippen molar-refractivity contribution in [1.29, 1.82) is 0 Å². The lowest BCUT2D eigenvalue weighted by atomic mass is 10.1. The number of halogens is 3. The van der Waals surface area contributed by atoms with Gasteiger partial charge >= 0.3 is 6.61 Å². The molecule has 1 aliphatic rings. The monoisotopic (exact) mass is 292 g/mol. The first-order chi connectivity index (χ1) is 8.70. The van der Waals surface area contributed by atoms with E-state index in [9.17, 15) is 8.78 Å². The summed E-state index contributed by atoms with van der Waals surface area (Å²) in [4.78, 5) is 2.23. The molecule has 1 atom stereocenters. The Morgan fingerprint density at radius 3 is 2.79 bits per heavy atom. The fourth-order valence-corrected chi connectivity index (χ4v) is 2.43. The molecule has 0 bridgehead atoms. The van der Waals surface area contributed by atoms with Crippen LogP contribution in [0.5, 0.6) is 5.75 Å². The fraction of sp³-hybridized carbons (Fsp3) is 0.538. The third kappa shape index (κ3) is 4.30. The summed E-state index contributed by atoms with van der Waals surface area (Å²) in [5, 5.41) is 0. The van der Waals surface area contributed by atoms with Gasteiger partial charge in [0.15, 0.2) is 0 Å². The zero-order valence-electron chi connectivity index (χ0n) is 10.6. The van der Waals surface area contributed by atoms with E-state index in [4.69, 9.17) is 5.73 Å². The summed E-state index contributed by atoms with van der Waals surface area (Å²) >= 11 is 0. The topological polar surface area (TPSA) is 38.5 Å². The van der Waals surface area contributed by atoms with Crippen molar-refractivity contribution in [2.45, 2.75) is 32.0 Å². The number of likely N-dealkylation sites (tertiary alicyclic amines) is 1. The van der Waals surface area contributed by atoms with Crippen LogP contribution < -0.4 is 10.5 Å². The number of ether oxygens (including phenoxy) is 1. The van der Waals surface area contributed by atoms with Crippen LogP contribution in [0.3, 0.4) is 0 Å². The van der Waals surface area contributed by atoms with Gasteiger partial charge in [-0.25, -0.2) is 0 Å². The van der Waals surface area contributed by atoms with Crippen LogP contribution in [0.2, 0.25) is 0 Å². The molecule has 0 saturated carbocycles. The van der Waals surface area contributed by atoms with Crippen molar-refractivity contribution in [2.24, 2.45) is 5.73 Å². The maximum absolute atomic E-state index is 12.3. The highest BCUT2D eigenvalue weighted by Crippen LogP contribution is 2.25. The quantitative estimate of drug-likeness (QED) is 0.907. The minimum atomic E-state index is -2.78. The van der Waals surface area contributed by atoms with Crippen LogP contribution in [0.15, 0.2) is 24.3 Å². The third-order valence-electron chi connectivity index (χ3n) is 3.33. The van der Waals surface area contributed by atoms with Crippen molar-refractivity contribution in [3.05, 3.63) is 29.8 Å². The van der Waals surface area contributed by atoms with Crippen molar-refractivity contribution in [2.75, 3.05) is 13.1 Å². The van der Waals surface area contributed by atoms with Crippen molar-refractivity contribution in [1.82, 2.24) is 4.90 Å². The molecule has 1 aliphatic heterocycles. The number of benzene rings is 1. The van der Waals surface area contributed by atoms with E-state index in [1.165, 1.54) is 0 Å². The van der Waals surface area contributed by atoms with Crippen LogP contribution in [-0.2, 0) is 6.54 Å². The summed E-state index contributed by atoms with van der Waals surface area (Å²) in [6, 6.07) is 7.29. The second-order valence-corrected chi connectivity index (χ2v) is 4.49. The van der Waals surface area contributed by atoms with E-state index < -0.39 is 6.61 Å². The van der Waals surface area contributed by atoms with Crippen molar-refractivity contribution in [3.8, 4) is 5.75 Å². The van der Waals surface area contributed by atoms with Crippen LogP contribution in [0, 0.1) is 0 Å². The highest BCUT2D eigenvalue weighted by Gasteiger charge is 2.24. The van der Waals surface area contributed by atoms with Gasteiger partial charge in [-0.2, -0.15) is 8.78 Å². The summed E-state index contributed by atoms with van der Waals surface area (Å²) in [6.07, 6.45) is 2.19. The number of hydrogen-bond acceptors (Lipinski definition) is 3. The minimum Gasteiger partial charge on any atom is -0.434 e. The zero-order valence-corrected chi connectivity index (χ0v) is 11.4.